The van der Waals surface area contributed by atoms with Gasteiger partial charge in [0.05, 0.1) is 7.11 Å². The number of hydrogen-bond donors (Lipinski definition) is 1. The minimum Gasteiger partial charge on any atom is -0.497 e. The summed E-state index contributed by atoms with van der Waals surface area (Å²) in [4.78, 5) is 7.83. The highest BCUT2D eigenvalue weighted by Crippen LogP contribution is 2.24. The van der Waals surface area contributed by atoms with Gasteiger partial charge in [-0.25, -0.2) is 0 Å². The van der Waals surface area contributed by atoms with Gasteiger partial charge in [-0.3, -0.25) is 9.80 Å². The summed E-state index contributed by atoms with van der Waals surface area (Å²) in [7, 11) is 1.70. The second kappa shape index (κ2) is 11.1. The van der Waals surface area contributed by atoms with Crippen LogP contribution in [0.3, 0.4) is 0 Å². The lowest BCUT2D eigenvalue weighted by atomic mass is 9.97. The minimum absolute atomic E-state index is 0.279. The summed E-state index contributed by atoms with van der Waals surface area (Å²) in [6.45, 7) is 11.5. The molecule has 2 saturated heterocycles. The van der Waals surface area contributed by atoms with E-state index in [1.807, 2.05) is 12.1 Å². The van der Waals surface area contributed by atoms with Gasteiger partial charge in [0, 0.05) is 50.9 Å². The first-order chi connectivity index (χ1) is 14.1. The fourth-order valence-electron chi connectivity index (χ4n) is 4.77. The van der Waals surface area contributed by atoms with Gasteiger partial charge in [-0.15, -0.1) is 0 Å². The van der Waals surface area contributed by atoms with Gasteiger partial charge in [0.2, 0.25) is 0 Å². The molecular formula is C24H39N3O2. The predicted molar refractivity (Wildman–Crippen MR) is 120 cm³/mol. The Hall–Kier alpha value is -1.40. The van der Waals surface area contributed by atoms with Crippen molar-refractivity contribution in [2.45, 2.75) is 51.2 Å². The third-order valence-corrected chi connectivity index (χ3v) is 6.56. The topological polar surface area (TPSA) is 39.2 Å². The first-order valence-corrected chi connectivity index (χ1v) is 11.2. The molecule has 0 amide bonds. The molecule has 0 spiro atoms. The zero-order chi connectivity index (χ0) is 20.6. The number of nitrogens with zero attached hydrogens (tertiary/aromatic N) is 3. The Morgan fingerprint density at radius 3 is 2.45 bits per heavy atom. The number of methoxy groups -OCH3 is 1. The Morgan fingerprint density at radius 2 is 1.83 bits per heavy atom. The molecule has 5 heteroatoms. The molecule has 1 aromatic rings. The molecule has 0 aromatic heterocycles. The van der Waals surface area contributed by atoms with Crippen LogP contribution in [0.2, 0.25) is 0 Å². The molecule has 1 aromatic carbocycles. The molecule has 1 atom stereocenters. The van der Waals surface area contributed by atoms with Gasteiger partial charge in [0.15, 0.2) is 0 Å². The van der Waals surface area contributed by atoms with E-state index < -0.39 is 0 Å². The van der Waals surface area contributed by atoms with Gasteiger partial charge < -0.3 is 14.7 Å². The summed E-state index contributed by atoms with van der Waals surface area (Å²) in [6.07, 6.45) is 7.85. The number of aliphatic hydroxyl groups excluding tert-OH is 1. The minimum atomic E-state index is 0.279. The van der Waals surface area contributed by atoms with Crippen molar-refractivity contribution in [2.24, 2.45) is 0 Å². The smallest absolute Gasteiger partial charge is 0.118 e. The summed E-state index contributed by atoms with van der Waals surface area (Å²) < 4.78 is 5.22. The molecular weight excluding hydrogens is 362 g/mol. The zero-order valence-corrected chi connectivity index (χ0v) is 18.5. The summed E-state index contributed by atoms with van der Waals surface area (Å²) in [5, 5.41) is 9.63. The molecule has 1 N–H and O–H groups in total. The third-order valence-electron chi connectivity index (χ3n) is 6.56. The Bertz CT molecular complexity index is 624. The lowest BCUT2D eigenvalue weighted by Crippen LogP contribution is -2.58. The SMILES string of the molecule is COc1ccc(/C=C/CN2CCN(C3CCN(C(C)C)CC3)C(CCO)C2)cc1. The monoisotopic (exact) mass is 401 g/mol. The molecule has 162 valence electrons. The molecule has 1 unspecified atom stereocenters. The summed E-state index contributed by atoms with van der Waals surface area (Å²) in [5.74, 6) is 0.893. The number of ether oxygens (including phenoxy) is 1. The maximum absolute atomic E-state index is 9.63. The lowest BCUT2D eigenvalue weighted by Gasteiger charge is -2.48. The summed E-state index contributed by atoms with van der Waals surface area (Å²) in [5.41, 5.74) is 1.20. The van der Waals surface area contributed by atoms with Crippen LogP contribution in [0.4, 0.5) is 0 Å². The van der Waals surface area contributed by atoms with Crippen molar-refractivity contribution in [3.8, 4) is 5.75 Å². The number of aliphatic hydroxyl groups is 1. The van der Waals surface area contributed by atoms with E-state index in [9.17, 15) is 5.11 Å². The Morgan fingerprint density at radius 1 is 1.10 bits per heavy atom. The van der Waals surface area contributed by atoms with E-state index in [2.05, 4.69) is 52.8 Å². The van der Waals surface area contributed by atoms with Gasteiger partial charge in [0.25, 0.3) is 0 Å². The van der Waals surface area contributed by atoms with Gasteiger partial charge in [0.1, 0.15) is 5.75 Å². The molecule has 0 radical (unpaired) electrons. The number of piperidine rings is 1. The van der Waals surface area contributed by atoms with Crippen molar-refractivity contribution in [3.05, 3.63) is 35.9 Å². The molecule has 3 rings (SSSR count). The predicted octanol–water partition coefficient (Wildman–Crippen LogP) is 2.95. The van der Waals surface area contributed by atoms with E-state index in [-0.39, 0.29) is 6.61 Å². The molecule has 0 bridgehead atoms. The van der Waals surface area contributed by atoms with Crippen LogP contribution in [-0.2, 0) is 0 Å². The van der Waals surface area contributed by atoms with Crippen molar-refractivity contribution in [1.29, 1.82) is 0 Å². The van der Waals surface area contributed by atoms with Crippen LogP contribution in [0.25, 0.3) is 6.08 Å². The van der Waals surface area contributed by atoms with Crippen LogP contribution in [0.5, 0.6) is 5.75 Å². The first-order valence-electron chi connectivity index (χ1n) is 11.2. The van der Waals surface area contributed by atoms with Gasteiger partial charge in [-0.1, -0.05) is 24.3 Å². The van der Waals surface area contributed by atoms with Crippen molar-refractivity contribution in [1.82, 2.24) is 14.7 Å². The number of piperazine rings is 1. The normalized spacial score (nSPS) is 23.3. The fourth-order valence-corrected chi connectivity index (χ4v) is 4.77. The first kappa shape index (κ1) is 22.3. The fraction of sp³-hybridized carbons (Fsp3) is 0.667. The number of likely N-dealkylation sites (tertiary alicyclic amines) is 1. The van der Waals surface area contributed by atoms with Crippen LogP contribution >= 0.6 is 0 Å². The molecule has 0 aliphatic carbocycles. The van der Waals surface area contributed by atoms with Crippen LogP contribution in [0.15, 0.2) is 30.3 Å². The number of hydrogen-bond acceptors (Lipinski definition) is 5. The van der Waals surface area contributed by atoms with E-state index in [1.54, 1.807) is 7.11 Å². The van der Waals surface area contributed by atoms with E-state index in [4.69, 9.17) is 4.74 Å². The zero-order valence-electron chi connectivity index (χ0n) is 18.5. The van der Waals surface area contributed by atoms with Crippen molar-refractivity contribution in [2.75, 3.05) is 53.0 Å². The largest absolute Gasteiger partial charge is 0.497 e. The van der Waals surface area contributed by atoms with Gasteiger partial charge in [-0.05, 0) is 63.9 Å². The third kappa shape index (κ3) is 6.29. The Balaban J connectivity index is 1.51. The summed E-state index contributed by atoms with van der Waals surface area (Å²) >= 11 is 0. The molecule has 2 heterocycles. The quantitative estimate of drug-likeness (QED) is 0.725. The van der Waals surface area contributed by atoms with E-state index in [0.29, 0.717) is 18.1 Å². The average molecular weight is 402 g/mol. The second-order valence-electron chi connectivity index (χ2n) is 8.70. The van der Waals surface area contributed by atoms with Crippen molar-refractivity contribution in [3.63, 3.8) is 0 Å². The molecule has 0 saturated carbocycles. The van der Waals surface area contributed by atoms with Crippen LogP contribution in [-0.4, -0.2) is 90.9 Å². The van der Waals surface area contributed by atoms with Gasteiger partial charge >= 0.3 is 0 Å². The van der Waals surface area contributed by atoms with Crippen molar-refractivity contribution < 1.29 is 9.84 Å². The van der Waals surface area contributed by atoms with Crippen LogP contribution in [0.1, 0.15) is 38.7 Å². The van der Waals surface area contributed by atoms with Crippen LogP contribution < -0.4 is 4.74 Å². The molecule has 2 aliphatic rings. The maximum atomic E-state index is 9.63. The van der Waals surface area contributed by atoms with Crippen molar-refractivity contribution >= 4 is 6.08 Å². The van der Waals surface area contributed by atoms with E-state index in [1.165, 1.54) is 31.5 Å². The number of benzene rings is 1. The van der Waals surface area contributed by atoms with Crippen LogP contribution in [0, 0.1) is 0 Å². The van der Waals surface area contributed by atoms with E-state index in [0.717, 1.165) is 38.3 Å². The molecule has 29 heavy (non-hydrogen) atoms. The van der Waals surface area contributed by atoms with E-state index >= 15 is 0 Å². The standard InChI is InChI=1S/C24H39N3O2/c1-20(2)26-14-10-22(11-15-26)27-17-16-25(19-23(27)12-18-28)13-4-5-21-6-8-24(29-3)9-7-21/h4-9,20,22-23,28H,10-19H2,1-3H3/b5-4+. The van der Waals surface area contributed by atoms with Gasteiger partial charge in [-0.2, -0.15) is 0 Å². The highest BCUT2D eigenvalue weighted by Gasteiger charge is 2.33. The molecule has 2 fully saturated rings. The Labute approximate surface area is 176 Å². The number of rotatable bonds is 8. The summed E-state index contributed by atoms with van der Waals surface area (Å²) in [6, 6.07) is 9.98. The molecule has 2 aliphatic heterocycles. The lowest BCUT2D eigenvalue weighted by molar-refractivity contribution is 0.00552. The highest BCUT2D eigenvalue weighted by molar-refractivity contribution is 5.50. The highest BCUT2D eigenvalue weighted by atomic mass is 16.5. The Kier molecular flexibility index (Phi) is 8.54. The second-order valence-corrected chi connectivity index (χ2v) is 8.70. The maximum Gasteiger partial charge on any atom is 0.118 e. The average Bonchev–Trinajstić information content (AvgIpc) is 2.75. The molecule has 5 nitrogen and oxygen atoms in total.